The first kappa shape index (κ1) is 19.1. The summed E-state index contributed by atoms with van der Waals surface area (Å²) in [4.78, 5) is 37.0. The van der Waals surface area contributed by atoms with Gasteiger partial charge in [-0.25, -0.2) is 0 Å². The fraction of sp³-hybridized carbons (Fsp3) is 0.471. The Bertz CT molecular complexity index is 651. The van der Waals surface area contributed by atoms with Gasteiger partial charge in [0, 0.05) is 13.0 Å². The Labute approximate surface area is 151 Å². The first-order valence-corrected chi connectivity index (χ1v) is 8.58. The number of aryl methyl sites for hydroxylation is 1. The highest BCUT2D eigenvalue weighted by molar-refractivity contribution is 6.32. The molecule has 0 radical (unpaired) electrons. The van der Waals surface area contributed by atoms with Crippen molar-refractivity contribution in [3.8, 4) is 5.75 Å². The maximum absolute atomic E-state index is 11.9. The smallest absolute Gasteiger partial charge is 0.276 e. The third-order valence-electron chi connectivity index (χ3n) is 3.79. The molecule has 1 saturated heterocycles. The normalized spacial score (nSPS) is 14.6. The number of likely N-dealkylation sites (tertiary alicyclic amines) is 1. The van der Waals surface area contributed by atoms with E-state index in [4.69, 9.17) is 16.3 Å². The Hall–Kier alpha value is -2.28. The molecular weight excluding hydrogens is 346 g/mol. The highest BCUT2D eigenvalue weighted by Gasteiger charge is 2.19. The van der Waals surface area contributed by atoms with Crippen LogP contribution in [0.25, 0.3) is 0 Å². The second kappa shape index (κ2) is 9.27. The van der Waals surface area contributed by atoms with Gasteiger partial charge in [0.15, 0.2) is 6.61 Å². The highest BCUT2D eigenvalue weighted by atomic mass is 35.5. The van der Waals surface area contributed by atoms with Crippen LogP contribution in [0.5, 0.6) is 5.75 Å². The van der Waals surface area contributed by atoms with Gasteiger partial charge < -0.3 is 9.64 Å². The van der Waals surface area contributed by atoms with Crippen molar-refractivity contribution in [2.24, 2.45) is 0 Å². The average Bonchev–Trinajstić information content (AvgIpc) is 2.78. The van der Waals surface area contributed by atoms with Gasteiger partial charge in [0.25, 0.3) is 11.8 Å². The van der Waals surface area contributed by atoms with Gasteiger partial charge in [-0.1, -0.05) is 24.1 Å². The largest absolute Gasteiger partial charge is 0.482 e. The van der Waals surface area contributed by atoms with Crippen LogP contribution in [0.1, 0.15) is 31.2 Å². The molecule has 1 aliphatic heterocycles. The van der Waals surface area contributed by atoms with E-state index in [1.165, 1.54) is 4.90 Å². The number of rotatable bonds is 5. The average molecular weight is 368 g/mol. The zero-order valence-electron chi connectivity index (χ0n) is 14.1. The van der Waals surface area contributed by atoms with Gasteiger partial charge >= 0.3 is 0 Å². The monoisotopic (exact) mass is 367 g/mol. The summed E-state index contributed by atoms with van der Waals surface area (Å²) < 4.78 is 5.34. The number of carbonyl (C=O) groups excluding carboxylic acids is 3. The summed E-state index contributed by atoms with van der Waals surface area (Å²) >= 11 is 5.98. The van der Waals surface area contributed by atoms with E-state index in [-0.39, 0.29) is 19.1 Å². The molecular formula is C17H22ClN3O4. The molecule has 25 heavy (non-hydrogen) atoms. The zero-order valence-corrected chi connectivity index (χ0v) is 14.9. The van der Waals surface area contributed by atoms with E-state index < -0.39 is 11.8 Å². The maximum Gasteiger partial charge on any atom is 0.276 e. The number of benzene rings is 1. The van der Waals surface area contributed by atoms with E-state index in [0.717, 1.165) is 24.8 Å². The number of amides is 3. The van der Waals surface area contributed by atoms with Crippen LogP contribution in [0.3, 0.4) is 0 Å². The van der Waals surface area contributed by atoms with Crippen molar-refractivity contribution in [3.05, 3.63) is 28.8 Å². The van der Waals surface area contributed by atoms with Crippen molar-refractivity contribution in [1.82, 2.24) is 15.8 Å². The maximum atomic E-state index is 11.9. The van der Waals surface area contributed by atoms with Gasteiger partial charge in [0.05, 0.1) is 5.02 Å². The van der Waals surface area contributed by atoms with Crippen LogP contribution in [0.2, 0.25) is 5.02 Å². The lowest BCUT2D eigenvalue weighted by atomic mass is 10.2. The fourth-order valence-corrected chi connectivity index (χ4v) is 2.63. The topological polar surface area (TPSA) is 87.7 Å². The number of carbonyl (C=O) groups is 3. The lowest BCUT2D eigenvalue weighted by molar-refractivity contribution is -0.136. The molecule has 8 heteroatoms. The number of halogens is 1. The third-order valence-corrected chi connectivity index (χ3v) is 4.10. The van der Waals surface area contributed by atoms with Crippen molar-refractivity contribution >= 4 is 29.3 Å². The number of nitrogens with one attached hydrogen (secondary N) is 2. The standard InChI is InChI=1S/C17H22ClN3O4/c1-12-6-7-13(18)14(9-12)25-11-16(23)20-19-15(22)10-21-8-4-2-3-5-17(21)24/h6-7,9H,2-5,8,10-11H2,1H3,(H,19,22)(H,20,23). The summed E-state index contributed by atoms with van der Waals surface area (Å²) in [5.74, 6) is -0.597. The Kier molecular flexibility index (Phi) is 7.06. The van der Waals surface area contributed by atoms with Crippen LogP contribution in [-0.4, -0.2) is 42.3 Å². The molecule has 136 valence electrons. The SMILES string of the molecule is Cc1ccc(Cl)c(OCC(=O)NNC(=O)CN2CCCCCC2=O)c1. The second-order valence-corrected chi connectivity index (χ2v) is 6.35. The fourth-order valence-electron chi connectivity index (χ4n) is 2.46. The molecule has 0 aromatic heterocycles. The number of hydrogen-bond acceptors (Lipinski definition) is 4. The number of nitrogens with zero attached hydrogens (tertiary/aromatic N) is 1. The van der Waals surface area contributed by atoms with Gasteiger partial charge in [-0.2, -0.15) is 0 Å². The summed E-state index contributed by atoms with van der Waals surface area (Å²) in [5.41, 5.74) is 5.50. The summed E-state index contributed by atoms with van der Waals surface area (Å²) in [6, 6.07) is 5.24. The minimum absolute atomic E-state index is 0.0311. The Morgan fingerprint density at radius 2 is 1.96 bits per heavy atom. The van der Waals surface area contributed by atoms with E-state index in [0.29, 0.717) is 23.7 Å². The summed E-state index contributed by atoms with van der Waals surface area (Å²) in [5, 5.41) is 0.405. The first-order valence-electron chi connectivity index (χ1n) is 8.20. The van der Waals surface area contributed by atoms with E-state index in [9.17, 15) is 14.4 Å². The van der Waals surface area contributed by atoms with Gasteiger partial charge in [0.2, 0.25) is 5.91 Å². The molecule has 1 aliphatic rings. The molecule has 7 nitrogen and oxygen atoms in total. The van der Waals surface area contributed by atoms with E-state index >= 15 is 0 Å². The van der Waals surface area contributed by atoms with Crippen molar-refractivity contribution < 1.29 is 19.1 Å². The number of ether oxygens (including phenoxy) is 1. The summed E-state index contributed by atoms with van der Waals surface area (Å²) in [6.45, 7) is 2.10. The number of hydrogen-bond donors (Lipinski definition) is 2. The molecule has 0 bridgehead atoms. The lowest BCUT2D eigenvalue weighted by Crippen LogP contribution is -2.48. The van der Waals surface area contributed by atoms with Gasteiger partial charge in [-0.15, -0.1) is 0 Å². The minimum Gasteiger partial charge on any atom is -0.482 e. The second-order valence-electron chi connectivity index (χ2n) is 5.94. The number of hydrazine groups is 1. The quantitative estimate of drug-likeness (QED) is 0.773. The van der Waals surface area contributed by atoms with E-state index in [1.807, 2.05) is 13.0 Å². The minimum atomic E-state index is -0.520. The summed E-state index contributed by atoms with van der Waals surface area (Å²) in [7, 11) is 0. The Morgan fingerprint density at radius 1 is 1.20 bits per heavy atom. The lowest BCUT2D eigenvalue weighted by Gasteiger charge is -2.19. The molecule has 2 N–H and O–H groups in total. The molecule has 0 unspecified atom stereocenters. The van der Waals surface area contributed by atoms with E-state index in [1.54, 1.807) is 12.1 Å². The molecule has 1 heterocycles. The predicted molar refractivity (Wildman–Crippen MR) is 93.0 cm³/mol. The van der Waals surface area contributed by atoms with Crippen LogP contribution in [0, 0.1) is 6.92 Å². The molecule has 0 saturated carbocycles. The molecule has 0 aliphatic carbocycles. The highest BCUT2D eigenvalue weighted by Crippen LogP contribution is 2.24. The van der Waals surface area contributed by atoms with Gasteiger partial charge in [-0.3, -0.25) is 25.2 Å². The molecule has 3 amide bonds. The molecule has 1 fully saturated rings. The zero-order chi connectivity index (χ0) is 18.2. The van der Waals surface area contributed by atoms with Crippen LogP contribution < -0.4 is 15.6 Å². The predicted octanol–water partition coefficient (Wildman–Crippen LogP) is 1.58. The van der Waals surface area contributed by atoms with Crippen LogP contribution >= 0.6 is 11.6 Å². The molecule has 0 atom stereocenters. The molecule has 0 spiro atoms. The van der Waals surface area contributed by atoms with Crippen LogP contribution in [0.4, 0.5) is 0 Å². The van der Waals surface area contributed by atoms with Crippen molar-refractivity contribution in [1.29, 1.82) is 0 Å². The van der Waals surface area contributed by atoms with Gasteiger partial charge in [0.1, 0.15) is 12.3 Å². The van der Waals surface area contributed by atoms with Crippen LogP contribution in [-0.2, 0) is 14.4 Å². The van der Waals surface area contributed by atoms with Gasteiger partial charge in [-0.05, 0) is 37.5 Å². The van der Waals surface area contributed by atoms with Crippen LogP contribution in [0.15, 0.2) is 18.2 Å². The molecule has 1 aromatic rings. The van der Waals surface area contributed by atoms with E-state index in [2.05, 4.69) is 10.9 Å². The third kappa shape index (κ3) is 6.26. The molecule has 2 rings (SSSR count). The molecule has 1 aromatic carbocycles. The Balaban J connectivity index is 1.72. The summed E-state index contributed by atoms with van der Waals surface area (Å²) in [6.07, 6.45) is 3.19. The van der Waals surface area contributed by atoms with Crippen molar-refractivity contribution in [2.75, 3.05) is 19.7 Å². The van der Waals surface area contributed by atoms with Crippen molar-refractivity contribution in [2.45, 2.75) is 32.6 Å². The van der Waals surface area contributed by atoms with Crippen molar-refractivity contribution in [3.63, 3.8) is 0 Å². The Morgan fingerprint density at radius 3 is 2.76 bits per heavy atom. The first-order chi connectivity index (χ1) is 12.0.